The van der Waals surface area contributed by atoms with E-state index in [0.717, 1.165) is 31.0 Å². The molecule has 1 amide bonds. The van der Waals surface area contributed by atoms with Crippen LogP contribution in [0.2, 0.25) is 0 Å². The van der Waals surface area contributed by atoms with E-state index in [-0.39, 0.29) is 5.91 Å². The van der Waals surface area contributed by atoms with Gasteiger partial charge in [0.05, 0.1) is 5.75 Å². The summed E-state index contributed by atoms with van der Waals surface area (Å²) in [6.45, 7) is 7.15. The van der Waals surface area contributed by atoms with E-state index in [2.05, 4.69) is 36.3 Å². The third-order valence-corrected chi connectivity index (χ3v) is 4.68. The molecule has 6 nitrogen and oxygen atoms in total. The third kappa shape index (κ3) is 3.50. The molecule has 7 heteroatoms. The molecule has 1 aliphatic rings. The maximum Gasteiger partial charge on any atom is 0.233 e. The lowest BCUT2D eigenvalue weighted by molar-refractivity contribution is -0.134. The average molecular weight is 297 g/mol. The Kier molecular flexibility index (Phi) is 5.39. The van der Waals surface area contributed by atoms with Gasteiger partial charge < -0.3 is 4.90 Å². The molecule has 0 aliphatic carbocycles. The van der Waals surface area contributed by atoms with Crippen molar-refractivity contribution in [2.45, 2.75) is 70.2 Å². The number of carbonyl (C=O) groups is 1. The number of aromatic nitrogens is 4. The second kappa shape index (κ2) is 7.06. The van der Waals surface area contributed by atoms with Gasteiger partial charge in [-0.05, 0) is 50.0 Å². The molecule has 20 heavy (non-hydrogen) atoms. The highest BCUT2D eigenvalue weighted by molar-refractivity contribution is 7.99. The van der Waals surface area contributed by atoms with Crippen molar-refractivity contribution in [1.29, 1.82) is 0 Å². The first kappa shape index (κ1) is 15.3. The summed E-state index contributed by atoms with van der Waals surface area (Å²) in [7, 11) is 0. The van der Waals surface area contributed by atoms with Crippen LogP contribution >= 0.6 is 11.8 Å². The SMILES string of the molecule is CCCn1nnnc1SCC(=O)N1[C@H](C)CCC[C@@H]1C. The van der Waals surface area contributed by atoms with Crippen LogP contribution < -0.4 is 0 Å². The van der Waals surface area contributed by atoms with Gasteiger partial charge in [0, 0.05) is 18.6 Å². The molecular weight excluding hydrogens is 274 g/mol. The standard InChI is InChI=1S/C13H23N5OS/c1-4-8-17-13(14-15-16-17)20-9-12(19)18-10(2)6-5-7-11(18)3/h10-11H,4-9H2,1-3H3/t10-,11+. The van der Waals surface area contributed by atoms with Crippen molar-refractivity contribution >= 4 is 17.7 Å². The predicted octanol–water partition coefficient (Wildman–Crippen LogP) is 1.96. The van der Waals surface area contributed by atoms with Crippen LogP contribution in [0.15, 0.2) is 5.16 Å². The quantitative estimate of drug-likeness (QED) is 0.777. The fourth-order valence-electron chi connectivity index (χ4n) is 2.77. The molecule has 1 saturated heterocycles. The van der Waals surface area contributed by atoms with E-state index in [9.17, 15) is 4.79 Å². The number of nitrogens with zero attached hydrogens (tertiary/aromatic N) is 5. The Morgan fingerprint density at radius 2 is 2.05 bits per heavy atom. The Labute approximate surface area is 124 Å². The molecule has 2 heterocycles. The van der Waals surface area contributed by atoms with Gasteiger partial charge in [-0.1, -0.05) is 18.7 Å². The summed E-state index contributed by atoms with van der Waals surface area (Å²) in [5, 5.41) is 12.3. The molecular formula is C13H23N5OS. The molecule has 1 aromatic heterocycles. The summed E-state index contributed by atoms with van der Waals surface area (Å²) in [6.07, 6.45) is 4.41. The van der Waals surface area contributed by atoms with Crippen LogP contribution in [0, 0.1) is 0 Å². The van der Waals surface area contributed by atoms with Gasteiger partial charge >= 0.3 is 0 Å². The largest absolute Gasteiger partial charge is 0.337 e. The summed E-state index contributed by atoms with van der Waals surface area (Å²) >= 11 is 1.44. The van der Waals surface area contributed by atoms with Gasteiger partial charge in [0.2, 0.25) is 11.1 Å². The molecule has 1 fully saturated rings. The van der Waals surface area contributed by atoms with E-state index >= 15 is 0 Å². The highest BCUT2D eigenvalue weighted by Gasteiger charge is 2.28. The van der Waals surface area contributed by atoms with Crippen LogP contribution in [0.3, 0.4) is 0 Å². The van der Waals surface area contributed by atoms with Crippen LogP contribution in [0.4, 0.5) is 0 Å². The molecule has 0 bridgehead atoms. The van der Waals surface area contributed by atoms with E-state index in [1.165, 1.54) is 18.2 Å². The van der Waals surface area contributed by atoms with Gasteiger partial charge in [0.25, 0.3) is 0 Å². The average Bonchev–Trinajstić information content (AvgIpc) is 2.84. The minimum Gasteiger partial charge on any atom is -0.337 e. The van der Waals surface area contributed by atoms with Gasteiger partial charge in [-0.25, -0.2) is 4.68 Å². The number of tetrazole rings is 1. The Bertz CT molecular complexity index is 440. The number of hydrogen-bond donors (Lipinski definition) is 0. The van der Waals surface area contributed by atoms with Crippen molar-refractivity contribution in [3.05, 3.63) is 0 Å². The fraction of sp³-hybridized carbons (Fsp3) is 0.846. The summed E-state index contributed by atoms with van der Waals surface area (Å²) in [5.74, 6) is 0.611. The maximum absolute atomic E-state index is 12.4. The van der Waals surface area contributed by atoms with Gasteiger partial charge in [-0.2, -0.15) is 0 Å². The maximum atomic E-state index is 12.4. The molecule has 1 aliphatic heterocycles. The smallest absolute Gasteiger partial charge is 0.233 e. The molecule has 1 aromatic rings. The third-order valence-electron chi connectivity index (χ3n) is 3.74. The molecule has 0 spiro atoms. The Hall–Kier alpha value is -1.11. The van der Waals surface area contributed by atoms with E-state index in [1.807, 2.05) is 4.90 Å². The number of aryl methyl sites for hydroxylation is 1. The van der Waals surface area contributed by atoms with Crippen molar-refractivity contribution in [2.75, 3.05) is 5.75 Å². The van der Waals surface area contributed by atoms with E-state index in [1.54, 1.807) is 4.68 Å². The lowest BCUT2D eigenvalue weighted by Gasteiger charge is -2.39. The zero-order valence-electron chi connectivity index (χ0n) is 12.4. The van der Waals surface area contributed by atoms with Gasteiger partial charge in [0.1, 0.15) is 0 Å². The number of rotatable bonds is 5. The molecule has 0 N–H and O–H groups in total. The lowest BCUT2D eigenvalue weighted by Crippen LogP contribution is -2.48. The Morgan fingerprint density at radius 3 is 2.70 bits per heavy atom. The fourth-order valence-corrected chi connectivity index (χ4v) is 3.54. The summed E-state index contributed by atoms with van der Waals surface area (Å²) in [4.78, 5) is 14.4. The number of piperidine rings is 1. The van der Waals surface area contributed by atoms with E-state index < -0.39 is 0 Å². The second-order valence-corrected chi connectivity index (χ2v) is 6.35. The van der Waals surface area contributed by atoms with Gasteiger partial charge in [-0.15, -0.1) is 5.10 Å². The summed E-state index contributed by atoms with van der Waals surface area (Å²) in [5.41, 5.74) is 0. The zero-order valence-corrected chi connectivity index (χ0v) is 13.3. The molecule has 0 saturated carbocycles. The van der Waals surface area contributed by atoms with E-state index in [4.69, 9.17) is 0 Å². The number of thioether (sulfide) groups is 1. The Balaban J connectivity index is 1.92. The van der Waals surface area contributed by atoms with Gasteiger partial charge in [0.15, 0.2) is 0 Å². The lowest BCUT2D eigenvalue weighted by atomic mass is 9.98. The molecule has 2 rings (SSSR count). The predicted molar refractivity (Wildman–Crippen MR) is 78.5 cm³/mol. The van der Waals surface area contributed by atoms with E-state index in [0.29, 0.717) is 17.8 Å². The van der Waals surface area contributed by atoms with Crippen LogP contribution in [0.5, 0.6) is 0 Å². The highest BCUT2D eigenvalue weighted by atomic mass is 32.2. The van der Waals surface area contributed by atoms with Crippen LogP contribution in [0.25, 0.3) is 0 Å². The summed E-state index contributed by atoms with van der Waals surface area (Å²) in [6, 6.07) is 0.692. The number of carbonyl (C=O) groups excluding carboxylic acids is 1. The number of likely N-dealkylation sites (tertiary alicyclic amines) is 1. The van der Waals surface area contributed by atoms with Crippen molar-refractivity contribution in [3.63, 3.8) is 0 Å². The Morgan fingerprint density at radius 1 is 1.35 bits per heavy atom. The first-order valence-corrected chi connectivity index (χ1v) is 8.32. The zero-order chi connectivity index (χ0) is 14.5. The molecule has 0 aromatic carbocycles. The first-order valence-electron chi connectivity index (χ1n) is 7.33. The molecule has 112 valence electrons. The van der Waals surface area contributed by atoms with Crippen LogP contribution in [0.1, 0.15) is 46.5 Å². The molecule has 0 radical (unpaired) electrons. The molecule has 0 unspecified atom stereocenters. The number of hydrogen-bond acceptors (Lipinski definition) is 5. The highest BCUT2D eigenvalue weighted by Crippen LogP contribution is 2.24. The minimum atomic E-state index is 0.195. The van der Waals surface area contributed by atoms with Crippen molar-refractivity contribution in [3.8, 4) is 0 Å². The topological polar surface area (TPSA) is 63.9 Å². The normalized spacial score (nSPS) is 23.1. The summed E-state index contributed by atoms with van der Waals surface area (Å²) < 4.78 is 1.76. The van der Waals surface area contributed by atoms with Crippen molar-refractivity contribution < 1.29 is 4.79 Å². The van der Waals surface area contributed by atoms with Gasteiger partial charge in [-0.3, -0.25) is 4.79 Å². The van der Waals surface area contributed by atoms with Crippen molar-refractivity contribution in [1.82, 2.24) is 25.1 Å². The second-order valence-electron chi connectivity index (χ2n) is 5.40. The van der Waals surface area contributed by atoms with Crippen LogP contribution in [-0.4, -0.2) is 48.9 Å². The van der Waals surface area contributed by atoms with Crippen LogP contribution in [-0.2, 0) is 11.3 Å². The minimum absolute atomic E-state index is 0.195. The van der Waals surface area contributed by atoms with Crippen molar-refractivity contribution in [2.24, 2.45) is 0 Å². The molecule has 2 atom stereocenters. The first-order chi connectivity index (χ1) is 9.63. The monoisotopic (exact) mass is 297 g/mol. The number of amides is 1.